The zero-order valence-electron chi connectivity index (χ0n) is 12.5. The van der Waals surface area contributed by atoms with Gasteiger partial charge in [0, 0.05) is 19.7 Å². The minimum absolute atomic E-state index is 0.612. The van der Waals surface area contributed by atoms with Gasteiger partial charge in [0.25, 0.3) is 0 Å². The summed E-state index contributed by atoms with van der Waals surface area (Å²) in [4.78, 5) is 2.58. The molecule has 1 N–H and O–H groups in total. The standard InChI is InChI=1S/C17H26N2O/c1-20-13-17-3-2-10-19(17)12-14-4-5-15-6-8-18-9-7-16(15)11-14/h4-5,11,17-18H,2-3,6-10,12-13H2,1H3/t17-/m1/s1. The lowest BCUT2D eigenvalue weighted by molar-refractivity contribution is 0.112. The molecule has 3 rings (SSSR count). The van der Waals surface area contributed by atoms with E-state index >= 15 is 0 Å². The van der Waals surface area contributed by atoms with Gasteiger partial charge in [-0.15, -0.1) is 0 Å². The van der Waals surface area contributed by atoms with Gasteiger partial charge in [-0.1, -0.05) is 18.2 Å². The largest absolute Gasteiger partial charge is 0.383 e. The number of hydrogen-bond acceptors (Lipinski definition) is 3. The first-order valence-electron chi connectivity index (χ1n) is 7.91. The van der Waals surface area contributed by atoms with Gasteiger partial charge in [0.1, 0.15) is 0 Å². The van der Waals surface area contributed by atoms with Gasteiger partial charge >= 0.3 is 0 Å². The van der Waals surface area contributed by atoms with Crippen molar-refractivity contribution in [3.8, 4) is 0 Å². The van der Waals surface area contributed by atoms with Crippen LogP contribution in [0.15, 0.2) is 18.2 Å². The predicted molar refractivity (Wildman–Crippen MR) is 82.0 cm³/mol. The van der Waals surface area contributed by atoms with Crippen LogP contribution in [-0.4, -0.2) is 44.3 Å². The average molecular weight is 274 g/mol. The number of rotatable bonds is 4. The lowest BCUT2D eigenvalue weighted by atomic mass is 10.00. The third-order valence-electron chi connectivity index (χ3n) is 4.66. The molecule has 1 aromatic rings. The average Bonchev–Trinajstić information content (AvgIpc) is 2.75. The smallest absolute Gasteiger partial charge is 0.0618 e. The highest BCUT2D eigenvalue weighted by Gasteiger charge is 2.24. The van der Waals surface area contributed by atoms with Crippen molar-refractivity contribution in [3.63, 3.8) is 0 Å². The van der Waals surface area contributed by atoms with Crippen LogP contribution in [0.4, 0.5) is 0 Å². The van der Waals surface area contributed by atoms with E-state index in [1.807, 2.05) is 7.11 Å². The second-order valence-electron chi connectivity index (χ2n) is 6.07. The molecule has 3 heteroatoms. The van der Waals surface area contributed by atoms with E-state index in [9.17, 15) is 0 Å². The van der Waals surface area contributed by atoms with E-state index < -0.39 is 0 Å². The molecular formula is C17H26N2O. The molecule has 3 nitrogen and oxygen atoms in total. The van der Waals surface area contributed by atoms with Gasteiger partial charge in [0.15, 0.2) is 0 Å². The van der Waals surface area contributed by atoms with Crippen LogP contribution in [0.25, 0.3) is 0 Å². The molecule has 0 amide bonds. The summed E-state index contributed by atoms with van der Waals surface area (Å²) in [5.74, 6) is 0. The third kappa shape index (κ3) is 3.22. The van der Waals surface area contributed by atoms with Crippen LogP contribution < -0.4 is 5.32 Å². The highest BCUT2D eigenvalue weighted by atomic mass is 16.5. The Morgan fingerprint density at radius 1 is 1.25 bits per heavy atom. The quantitative estimate of drug-likeness (QED) is 0.909. The fraction of sp³-hybridized carbons (Fsp3) is 0.647. The first-order valence-corrected chi connectivity index (χ1v) is 7.91. The Kier molecular flexibility index (Phi) is 4.71. The van der Waals surface area contributed by atoms with Crippen LogP contribution in [0, 0.1) is 0 Å². The Labute approximate surface area is 122 Å². The Morgan fingerprint density at radius 3 is 2.95 bits per heavy atom. The van der Waals surface area contributed by atoms with E-state index in [1.165, 1.54) is 43.4 Å². The monoisotopic (exact) mass is 274 g/mol. The molecule has 0 unspecified atom stereocenters. The molecule has 0 saturated carbocycles. The summed E-state index contributed by atoms with van der Waals surface area (Å²) >= 11 is 0. The van der Waals surface area contributed by atoms with Crippen molar-refractivity contribution < 1.29 is 4.74 Å². The van der Waals surface area contributed by atoms with E-state index in [1.54, 1.807) is 5.56 Å². The number of methoxy groups -OCH3 is 1. The molecule has 0 spiro atoms. The fourth-order valence-electron chi connectivity index (χ4n) is 3.54. The summed E-state index contributed by atoms with van der Waals surface area (Å²) in [7, 11) is 1.81. The first-order chi connectivity index (χ1) is 9.86. The van der Waals surface area contributed by atoms with Crippen molar-refractivity contribution in [1.82, 2.24) is 10.2 Å². The van der Waals surface area contributed by atoms with E-state index in [4.69, 9.17) is 4.74 Å². The molecule has 20 heavy (non-hydrogen) atoms. The van der Waals surface area contributed by atoms with Crippen molar-refractivity contribution in [3.05, 3.63) is 34.9 Å². The van der Waals surface area contributed by atoms with Gasteiger partial charge in [-0.25, -0.2) is 0 Å². The fourth-order valence-corrected chi connectivity index (χ4v) is 3.54. The Bertz CT molecular complexity index is 447. The molecule has 110 valence electrons. The summed E-state index contributed by atoms with van der Waals surface area (Å²) in [6.45, 7) is 5.40. The van der Waals surface area contributed by atoms with Gasteiger partial charge in [-0.05, 0) is 62.0 Å². The molecule has 0 bridgehead atoms. The number of benzene rings is 1. The predicted octanol–water partition coefficient (Wildman–Crippen LogP) is 1.99. The molecule has 0 radical (unpaired) electrons. The number of likely N-dealkylation sites (tertiary alicyclic amines) is 1. The normalized spacial score (nSPS) is 23.6. The van der Waals surface area contributed by atoms with Crippen molar-refractivity contribution in [1.29, 1.82) is 0 Å². The maximum Gasteiger partial charge on any atom is 0.0618 e. The molecule has 1 fully saturated rings. The zero-order valence-corrected chi connectivity index (χ0v) is 12.5. The minimum Gasteiger partial charge on any atom is -0.383 e. The number of ether oxygens (including phenoxy) is 1. The molecule has 2 aliphatic rings. The maximum absolute atomic E-state index is 5.35. The van der Waals surface area contributed by atoms with Crippen molar-refractivity contribution in [2.45, 2.75) is 38.3 Å². The van der Waals surface area contributed by atoms with Crippen LogP contribution in [0.1, 0.15) is 29.5 Å². The number of nitrogens with one attached hydrogen (secondary N) is 1. The van der Waals surface area contributed by atoms with Crippen LogP contribution in [-0.2, 0) is 24.1 Å². The lowest BCUT2D eigenvalue weighted by Gasteiger charge is -2.24. The van der Waals surface area contributed by atoms with Gasteiger partial charge in [-0.3, -0.25) is 4.90 Å². The van der Waals surface area contributed by atoms with Gasteiger partial charge < -0.3 is 10.1 Å². The Balaban J connectivity index is 1.69. The summed E-state index contributed by atoms with van der Waals surface area (Å²) < 4.78 is 5.35. The van der Waals surface area contributed by atoms with Crippen molar-refractivity contribution in [2.24, 2.45) is 0 Å². The molecular weight excluding hydrogens is 248 g/mol. The summed E-state index contributed by atoms with van der Waals surface area (Å²) in [6.07, 6.45) is 4.93. The minimum atomic E-state index is 0.612. The number of nitrogens with zero attached hydrogens (tertiary/aromatic N) is 1. The van der Waals surface area contributed by atoms with Gasteiger partial charge in [-0.2, -0.15) is 0 Å². The highest BCUT2D eigenvalue weighted by molar-refractivity contribution is 5.33. The molecule has 1 atom stereocenters. The second-order valence-corrected chi connectivity index (χ2v) is 6.07. The molecule has 2 heterocycles. The van der Waals surface area contributed by atoms with Crippen LogP contribution in [0.5, 0.6) is 0 Å². The SMILES string of the molecule is COC[C@H]1CCCN1Cc1ccc2c(c1)CCNCC2. The summed E-state index contributed by atoms with van der Waals surface area (Å²) in [5, 5.41) is 3.48. The second kappa shape index (κ2) is 6.70. The molecule has 1 saturated heterocycles. The van der Waals surface area contributed by atoms with Gasteiger partial charge in [0.2, 0.25) is 0 Å². The first kappa shape index (κ1) is 14.1. The maximum atomic E-state index is 5.35. The van der Waals surface area contributed by atoms with Crippen molar-refractivity contribution in [2.75, 3.05) is 33.4 Å². The highest BCUT2D eigenvalue weighted by Crippen LogP contribution is 2.22. The molecule has 0 aromatic heterocycles. The molecule has 2 aliphatic heterocycles. The van der Waals surface area contributed by atoms with Gasteiger partial charge in [0.05, 0.1) is 6.61 Å². The Morgan fingerprint density at radius 2 is 2.10 bits per heavy atom. The Hall–Kier alpha value is -0.900. The van der Waals surface area contributed by atoms with Crippen LogP contribution in [0.3, 0.4) is 0 Å². The van der Waals surface area contributed by atoms with E-state index in [0.29, 0.717) is 6.04 Å². The van der Waals surface area contributed by atoms with E-state index in [0.717, 1.165) is 26.2 Å². The van der Waals surface area contributed by atoms with E-state index in [2.05, 4.69) is 28.4 Å². The van der Waals surface area contributed by atoms with Crippen LogP contribution >= 0.6 is 0 Å². The number of fused-ring (bicyclic) bond motifs is 1. The third-order valence-corrected chi connectivity index (χ3v) is 4.66. The van der Waals surface area contributed by atoms with Crippen LogP contribution in [0.2, 0.25) is 0 Å². The summed E-state index contributed by atoms with van der Waals surface area (Å²) in [6, 6.07) is 7.72. The van der Waals surface area contributed by atoms with Crippen molar-refractivity contribution >= 4 is 0 Å². The lowest BCUT2D eigenvalue weighted by Crippen LogP contribution is -2.32. The number of hydrogen-bond donors (Lipinski definition) is 1. The topological polar surface area (TPSA) is 24.5 Å². The zero-order chi connectivity index (χ0) is 13.8. The molecule has 1 aromatic carbocycles. The molecule has 0 aliphatic carbocycles. The van der Waals surface area contributed by atoms with E-state index in [-0.39, 0.29) is 0 Å². The summed E-state index contributed by atoms with van der Waals surface area (Å²) in [5.41, 5.74) is 4.55.